The quantitative estimate of drug-likeness (QED) is 0.632. The van der Waals surface area contributed by atoms with Crippen molar-refractivity contribution in [2.45, 2.75) is 31.4 Å². The van der Waals surface area contributed by atoms with Crippen LogP contribution in [0.5, 0.6) is 0 Å². The molecule has 0 radical (unpaired) electrons. The van der Waals surface area contributed by atoms with Gasteiger partial charge in [0.15, 0.2) is 0 Å². The van der Waals surface area contributed by atoms with Gasteiger partial charge in [-0.3, -0.25) is 4.79 Å². The fourth-order valence-electron chi connectivity index (χ4n) is 1.93. The van der Waals surface area contributed by atoms with Crippen LogP contribution >= 0.6 is 24.0 Å². The largest absolute Gasteiger partial charge is 0.480 e. The number of rotatable bonds is 4. The highest BCUT2D eigenvalue weighted by atomic mass is 32.2. The average Bonchev–Trinajstić information content (AvgIpc) is 2.37. The molecule has 1 fully saturated rings. The van der Waals surface area contributed by atoms with E-state index >= 15 is 0 Å². The zero-order chi connectivity index (χ0) is 14.4. The molecule has 1 heterocycles. The molecule has 0 spiro atoms. The number of aliphatic hydroxyl groups excluding tert-OH is 1. The lowest BCUT2D eigenvalue weighted by Gasteiger charge is -2.35. The van der Waals surface area contributed by atoms with Gasteiger partial charge in [-0.1, -0.05) is 24.0 Å². The number of nitrogens with zero attached hydrogens (tertiary/aromatic N) is 1. The van der Waals surface area contributed by atoms with Gasteiger partial charge in [-0.05, 0) is 12.8 Å². The molecule has 0 saturated carbocycles. The molecule has 1 saturated heterocycles. The molecule has 6 nitrogen and oxygen atoms in total. The first-order valence-electron chi connectivity index (χ1n) is 6.00. The second-order valence-corrected chi connectivity index (χ2v) is 6.04. The lowest BCUT2D eigenvalue weighted by molar-refractivity contribution is -0.154. The highest BCUT2D eigenvalue weighted by Gasteiger charge is 2.34. The van der Waals surface area contributed by atoms with Crippen molar-refractivity contribution in [2.24, 2.45) is 0 Å². The van der Waals surface area contributed by atoms with Gasteiger partial charge in [0.1, 0.15) is 10.4 Å². The Morgan fingerprint density at radius 1 is 1.47 bits per heavy atom. The van der Waals surface area contributed by atoms with Crippen LogP contribution in [0.2, 0.25) is 0 Å². The third-order valence-electron chi connectivity index (χ3n) is 2.92. The van der Waals surface area contributed by atoms with E-state index in [0.717, 1.165) is 0 Å². The number of thiocarbonyl (C=S) groups is 1. The van der Waals surface area contributed by atoms with Gasteiger partial charge in [0.05, 0.1) is 6.10 Å². The minimum atomic E-state index is -1.02. The zero-order valence-corrected chi connectivity index (χ0v) is 12.3. The Hall–Kier alpha value is -0.860. The van der Waals surface area contributed by atoms with Crippen molar-refractivity contribution >= 4 is 40.2 Å². The third kappa shape index (κ3) is 4.96. The maximum Gasteiger partial charge on any atom is 0.326 e. The van der Waals surface area contributed by atoms with Crippen LogP contribution in [0.4, 0.5) is 0 Å². The highest BCUT2D eigenvalue weighted by Crippen LogP contribution is 2.19. The van der Waals surface area contributed by atoms with Crippen molar-refractivity contribution in [3.63, 3.8) is 0 Å². The lowest BCUT2D eigenvalue weighted by atomic mass is 10.00. The van der Waals surface area contributed by atoms with E-state index < -0.39 is 18.1 Å². The number of hydrogen-bond donors (Lipinski definition) is 3. The number of carbonyl (C=O) groups excluding carboxylic acids is 1. The van der Waals surface area contributed by atoms with Gasteiger partial charge in [0, 0.05) is 25.8 Å². The summed E-state index contributed by atoms with van der Waals surface area (Å²) in [6, 6.07) is -0.822. The van der Waals surface area contributed by atoms with Crippen LogP contribution in [0.25, 0.3) is 0 Å². The summed E-state index contributed by atoms with van der Waals surface area (Å²) in [5.41, 5.74) is 0. The van der Waals surface area contributed by atoms with Crippen molar-refractivity contribution in [1.29, 1.82) is 0 Å². The number of carboxylic acids is 1. The summed E-state index contributed by atoms with van der Waals surface area (Å²) in [5.74, 6) is -0.770. The number of carboxylic acid groups (broad SMARTS) is 1. The number of hydrogen-bond acceptors (Lipinski definition) is 5. The predicted molar refractivity (Wildman–Crippen MR) is 77.1 cm³/mol. The van der Waals surface area contributed by atoms with Crippen molar-refractivity contribution in [3.8, 4) is 0 Å². The second kappa shape index (κ2) is 7.66. The average molecular weight is 306 g/mol. The number of thioether (sulfide) groups is 1. The van der Waals surface area contributed by atoms with Crippen LogP contribution in [-0.4, -0.2) is 62.8 Å². The molecule has 0 aliphatic carbocycles. The Morgan fingerprint density at radius 3 is 2.74 bits per heavy atom. The number of aliphatic hydroxyl groups is 1. The summed E-state index contributed by atoms with van der Waals surface area (Å²) in [7, 11) is 1.71. The molecule has 1 rings (SSSR count). The molecule has 2 unspecified atom stereocenters. The molecular weight excluding hydrogens is 288 g/mol. The smallest absolute Gasteiger partial charge is 0.326 e. The Balaban J connectivity index is 2.51. The maximum absolute atomic E-state index is 12.0. The minimum absolute atomic E-state index is 0.0942. The molecule has 0 aromatic carbocycles. The molecule has 8 heteroatoms. The van der Waals surface area contributed by atoms with Crippen LogP contribution < -0.4 is 5.32 Å². The summed E-state index contributed by atoms with van der Waals surface area (Å²) in [6.07, 6.45) is 0.290. The van der Waals surface area contributed by atoms with E-state index in [-0.39, 0.29) is 18.9 Å². The van der Waals surface area contributed by atoms with Crippen LogP contribution in [0.15, 0.2) is 0 Å². The molecule has 0 aromatic rings. The standard InChI is InChI=1S/C11H18N2O4S2/c1-12-11(18)19-5-4-9(15)13-6-7(14)2-3-8(13)10(16)17/h7-8,14H,2-6H2,1H3,(H,12,18)(H,16,17). The zero-order valence-electron chi connectivity index (χ0n) is 10.7. The van der Waals surface area contributed by atoms with Crippen molar-refractivity contribution in [3.05, 3.63) is 0 Å². The number of likely N-dealkylation sites (tertiary alicyclic amines) is 1. The molecule has 1 aliphatic rings. The van der Waals surface area contributed by atoms with Gasteiger partial charge in [-0.25, -0.2) is 4.79 Å². The van der Waals surface area contributed by atoms with E-state index in [9.17, 15) is 14.7 Å². The van der Waals surface area contributed by atoms with E-state index in [2.05, 4.69) is 5.32 Å². The molecule has 19 heavy (non-hydrogen) atoms. The van der Waals surface area contributed by atoms with Crippen LogP contribution in [0.1, 0.15) is 19.3 Å². The fourth-order valence-corrected chi connectivity index (χ4v) is 2.79. The fraction of sp³-hybridized carbons (Fsp3) is 0.727. The first kappa shape index (κ1) is 16.2. The Morgan fingerprint density at radius 2 is 2.16 bits per heavy atom. The highest BCUT2D eigenvalue weighted by molar-refractivity contribution is 8.22. The van der Waals surface area contributed by atoms with Gasteiger partial charge in [0.25, 0.3) is 0 Å². The van der Waals surface area contributed by atoms with Crippen LogP contribution in [-0.2, 0) is 9.59 Å². The number of nitrogens with one attached hydrogen (secondary N) is 1. The molecule has 1 amide bonds. The summed E-state index contributed by atoms with van der Waals surface area (Å²) < 4.78 is 0.598. The first-order valence-corrected chi connectivity index (χ1v) is 7.40. The summed E-state index contributed by atoms with van der Waals surface area (Å²) >= 11 is 6.28. The van der Waals surface area contributed by atoms with E-state index in [0.29, 0.717) is 22.9 Å². The molecule has 0 aromatic heterocycles. The minimum Gasteiger partial charge on any atom is -0.480 e. The SMILES string of the molecule is CNC(=S)SCCC(=O)N1CC(O)CCC1C(=O)O. The topological polar surface area (TPSA) is 89.9 Å². The van der Waals surface area contributed by atoms with Gasteiger partial charge in [-0.15, -0.1) is 0 Å². The Labute approximate surface area is 121 Å². The van der Waals surface area contributed by atoms with Crippen LogP contribution in [0, 0.1) is 0 Å². The number of amides is 1. The number of aliphatic carboxylic acids is 1. The number of piperidine rings is 1. The molecule has 108 valence electrons. The van der Waals surface area contributed by atoms with E-state index in [1.54, 1.807) is 7.05 Å². The van der Waals surface area contributed by atoms with Crippen molar-refractivity contribution in [2.75, 3.05) is 19.3 Å². The monoisotopic (exact) mass is 306 g/mol. The summed E-state index contributed by atoms with van der Waals surface area (Å²) in [6.45, 7) is 0.0942. The van der Waals surface area contributed by atoms with E-state index in [1.807, 2.05) is 0 Å². The maximum atomic E-state index is 12.0. The summed E-state index contributed by atoms with van der Waals surface area (Å²) in [5, 5.41) is 21.4. The third-order valence-corrected chi connectivity index (χ3v) is 4.35. The lowest BCUT2D eigenvalue weighted by Crippen LogP contribution is -2.52. The van der Waals surface area contributed by atoms with Crippen LogP contribution in [0.3, 0.4) is 0 Å². The molecule has 3 N–H and O–H groups in total. The first-order chi connectivity index (χ1) is 8.95. The van der Waals surface area contributed by atoms with Gasteiger partial charge in [0.2, 0.25) is 5.91 Å². The summed E-state index contributed by atoms with van der Waals surface area (Å²) in [4.78, 5) is 24.4. The van der Waals surface area contributed by atoms with Gasteiger partial charge in [-0.2, -0.15) is 0 Å². The predicted octanol–water partition coefficient (Wildman–Crippen LogP) is 0.0505. The van der Waals surface area contributed by atoms with Crippen molar-refractivity contribution in [1.82, 2.24) is 10.2 Å². The molecule has 0 bridgehead atoms. The van der Waals surface area contributed by atoms with Gasteiger partial charge < -0.3 is 20.4 Å². The normalized spacial score (nSPS) is 22.9. The molecule has 1 aliphatic heterocycles. The van der Waals surface area contributed by atoms with Crippen molar-refractivity contribution < 1.29 is 19.8 Å². The number of β-amino-alcohol motifs (C(OH)–C–C–N with tert-alkyl or cyclic N) is 1. The molecule has 2 atom stereocenters. The molecular formula is C11H18N2O4S2. The second-order valence-electron chi connectivity index (χ2n) is 4.27. The number of carbonyl (C=O) groups is 2. The Bertz CT molecular complexity index is 365. The van der Waals surface area contributed by atoms with E-state index in [1.165, 1.54) is 16.7 Å². The van der Waals surface area contributed by atoms with Gasteiger partial charge >= 0.3 is 5.97 Å². The Kier molecular flexibility index (Phi) is 6.53. The van der Waals surface area contributed by atoms with E-state index in [4.69, 9.17) is 17.3 Å².